The zero-order chi connectivity index (χ0) is 33.8. The summed E-state index contributed by atoms with van der Waals surface area (Å²) in [6, 6.07) is 0. The molecule has 0 spiro atoms. The molecule has 268 valence electrons. The van der Waals surface area contributed by atoms with Crippen LogP contribution in [-0.4, -0.2) is 55.6 Å². The Balaban J connectivity index is 1.73. The number of unbranched alkanes of at least 4 members (excludes halogenated alkanes) is 1. The van der Waals surface area contributed by atoms with E-state index in [2.05, 4.69) is 76.2 Å². The van der Waals surface area contributed by atoms with Gasteiger partial charge in [-0.1, -0.05) is 27.2 Å². The van der Waals surface area contributed by atoms with Gasteiger partial charge in [0.1, 0.15) is 6.79 Å². The molecule has 45 heavy (non-hydrogen) atoms. The zero-order valence-corrected chi connectivity index (χ0v) is 32.3. The van der Waals surface area contributed by atoms with E-state index >= 15 is 0 Å². The Hall–Kier alpha value is -0.200. The second-order valence-corrected chi connectivity index (χ2v) is 17.5. The Morgan fingerprint density at radius 1 is 0.467 bits per heavy atom. The maximum Gasteiger partial charge on any atom is 0.147 e. The third-order valence-corrected chi connectivity index (χ3v) is 12.0. The molecule has 0 saturated heterocycles. The van der Waals surface area contributed by atoms with Gasteiger partial charge in [0.15, 0.2) is 0 Å². The Kier molecular flexibility index (Phi) is 16.9. The predicted molar refractivity (Wildman–Crippen MR) is 190 cm³/mol. The molecule has 0 N–H and O–H groups in total. The van der Waals surface area contributed by atoms with Gasteiger partial charge in [-0.15, -0.1) is 0 Å². The van der Waals surface area contributed by atoms with Crippen LogP contribution in [-0.2, 0) is 23.7 Å². The fourth-order valence-electron chi connectivity index (χ4n) is 8.22. The van der Waals surface area contributed by atoms with Crippen molar-refractivity contribution in [2.45, 2.75) is 195 Å². The van der Waals surface area contributed by atoms with E-state index in [0.717, 1.165) is 63.8 Å². The van der Waals surface area contributed by atoms with Gasteiger partial charge in [0.2, 0.25) is 0 Å². The van der Waals surface area contributed by atoms with Gasteiger partial charge in [-0.05, 0) is 175 Å². The lowest BCUT2D eigenvalue weighted by molar-refractivity contribution is -0.133. The molecule has 0 aromatic heterocycles. The second-order valence-electron chi connectivity index (χ2n) is 17.5. The molecule has 2 aliphatic rings. The van der Waals surface area contributed by atoms with Crippen LogP contribution in [0, 0.1) is 29.1 Å². The van der Waals surface area contributed by atoms with Crippen LogP contribution in [0.4, 0.5) is 0 Å². The van der Waals surface area contributed by atoms with Crippen LogP contribution in [0.3, 0.4) is 0 Å². The smallest absolute Gasteiger partial charge is 0.147 e. The summed E-state index contributed by atoms with van der Waals surface area (Å²) in [6.07, 6.45) is 17.0. The molecule has 2 aliphatic carbocycles. The summed E-state index contributed by atoms with van der Waals surface area (Å²) in [5, 5.41) is 0. The molecule has 5 heteroatoms. The predicted octanol–water partition coefficient (Wildman–Crippen LogP) is 11.2. The normalized spacial score (nSPS) is 24.3. The van der Waals surface area contributed by atoms with Crippen molar-refractivity contribution >= 4 is 0 Å². The van der Waals surface area contributed by atoms with Crippen molar-refractivity contribution in [3.8, 4) is 0 Å². The van der Waals surface area contributed by atoms with E-state index in [9.17, 15) is 0 Å². The molecule has 0 unspecified atom stereocenters. The summed E-state index contributed by atoms with van der Waals surface area (Å²) in [5.74, 6) is 2.95. The third-order valence-electron chi connectivity index (χ3n) is 12.0. The van der Waals surface area contributed by atoms with E-state index in [0.29, 0.717) is 30.7 Å². The number of hydrogen-bond acceptors (Lipinski definition) is 5. The van der Waals surface area contributed by atoms with Crippen molar-refractivity contribution in [3.05, 3.63) is 0 Å². The van der Waals surface area contributed by atoms with Gasteiger partial charge < -0.3 is 23.7 Å². The van der Waals surface area contributed by atoms with E-state index < -0.39 is 0 Å². The molecule has 0 radical (unpaired) electrons. The van der Waals surface area contributed by atoms with E-state index in [4.69, 9.17) is 23.7 Å². The van der Waals surface area contributed by atoms with Gasteiger partial charge in [0.05, 0.1) is 22.4 Å². The van der Waals surface area contributed by atoms with Crippen molar-refractivity contribution in [1.82, 2.24) is 0 Å². The Labute approximate surface area is 281 Å². The van der Waals surface area contributed by atoms with E-state index in [1.807, 2.05) is 6.92 Å². The molecule has 0 atom stereocenters. The summed E-state index contributed by atoms with van der Waals surface area (Å²) in [7, 11) is 0. The van der Waals surface area contributed by atoms with Gasteiger partial charge in [-0.2, -0.15) is 0 Å². The Bertz CT molecular complexity index is 721. The van der Waals surface area contributed by atoms with Crippen LogP contribution >= 0.6 is 0 Å². The van der Waals surface area contributed by atoms with Crippen molar-refractivity contribution in [3.63, 3.8) is 0 Å². The summed E-state index contributed by atoms with van der Waals surface area (Å²) >= 11 is 0. The summed E-state index contributed by atoms with van der Waals surface area (Å²) in [6.45, 7) is 31.1. The van der Waals surface area contributed by atoms with Crippen molar-refractivity contribution in [2.24, 2.45) is 29.1 Å². The molecule has 2 saturated carbocycles. The highest BCUT2D eigenvalue weighted by molar-refractivity contribution is 4.95. The average molecular weight is 639 g/mol. The second kappa shape index (κ2) is 18.5. The average Bonchev–Trinajstić information content (AvgIpc) is 2.98. The molecule has 0 amide bonds. The minimum atomic E-state index is -0.172. The molecule has 2 fully saturated rings. The molecule has 0 heterocycles. The van der Waals surface area contributed by atoms with Crippen molar-refractivity contribution < 1.29 is 23.7 Å². The van der Waals surface area contributed by atoms with Gasteiger partial charge in [-0.3, -0.25) is 0 Å². The Morgan fingerprint density at radius 2 is 0.844 bits per heavy atom. The molecule has 5 nitrogen and oxygen atoms in total. The zero-order valence-electron chi connectivity index (χ0n) is 32.3. The van der Waals surface area contributed by atoms with Crippen LogP contribution in [0.1, 0.15) is 173 Å². The van der Waals surface area contributed by atoms with Gasteiger partial charge in [0, 0.05) is 26.4 Å². The highest BCUT2D eigenvalue weighted by Crippen LogP contribution is 2.52. The first-order valence-electron chi connectivity index (χ1n) is 19.1. The van der Waals surface area contributed by atoms with Crippen LogP contribution in [0.25, 0.3) is 0 Å². The highest BCUT2D eigenvalue weighted by Gasteiger charge is 2.44. The molecule has 0 aliphatic heterocycles. The lowest BCUT2D eigenvalue weighted by Gasteiger charge is -2.49. The standard InChI is InChI=1S/C40H78O5/c1-13-15-28-42-36(3,4)26-16-29-43-39(9,10)34-22-18-32(19-23-34)38(7,8)33-20-24-35(25-21-33)40(11,12)44-30-17-27-37(5,6)45-31-41-14-2/h32-35H,13-31H2,1-12H3. The maximum absolute atomic E-state index is 6.56. The molecule has 0 aromatic carbocycles. The largest absolute Gasteiger partial charge is 0.376 e. The van der Waals surface area contributed by atoms with Crippen LogP contribution in [0.5, 0.6) is 0 Å². The maximum atomic E-state index is 6.56. The minimum absolute atomic E-state index is 0.0434. The molecular formula is C40H78O5. The van der Waals surface area contributed by atoms with Crippen LogP contribution < -0.4 is 0 Å². The third kappa shape index (κ3) is 14.1. The topological polar surface area (TPSA) is 46.2 Å². The van der Waals surface area contributed by atoms with Gasteiger partial charge in [-0.25, -0.2) is 0 Å². The van der Waals surface area contributed by atoms with Gasteiger partial charge >= 0.3 is 0 Å². The van der Waals surface area contributed by atoms with Crippen LogP contribution in [0.15, 0.2) is 0 Å². The first-order chi connectivity index (χ1) is 21.0. The van der Waals surface area contributed by atoms with E-state index in [1.54, 1.807) is 0 Å². The minimum Gasteiger partial charge on any atom is -0.376 e. The molecule has 2 rings (SSSR count). The quantitative estimate of drug-likeness (QED) is 0.0872. The molecule has 0 bridgehead atoms. The fourth-order valence-corrected chi connectivity index (χ4v) is 8.22. The van der Waals surface area contributed by atoms with E-state index in [-0.39, 0.29) is 22.4 Å². The number of ether oxygens (including phenoxy) is 5. The van der Waals surface area contributed by atoms with Crippen LogP contribution in [0.2, 0.25) is 0 Å². The number of hydrogen-bond donors (Lipinski definition) is 0. The first-order valence-corrected chi connectivity index (χ1v) is 19.1. The lowest BCUT2D eigenvalue weighted by Crippen LogP contribution is -2.43. The fraction of sp³-hybridized carbons (Fsp3) is 1.00. The first kappa shape index (κ1) is 41.0. The highest BCUT2D eigenvalue weighted by atomic mass is 16.7. The number of rotatable bonds is 22. The molecule has 0 aromatic rings. The molecular weight excluding hydrogens is 560 g/mol. The SMILES string of the molecule is CCCCOC(C)(C)CCCOC(C)(C)C1CCC(C(C)(C)C2CCC(C(C)(C)OCCCC(C)(C)OCOCC)CC2)CC1. The van der Waals surface area contributed by atoms with Crippen molar-refractivity contribution in [1.29, 1.82) is 0 Å². The monoisotopic (exact) mass is 639 g/mol. The Morgan fingerprint density at radius 3 is 1.24 bits per heavy atom. The summed E-state index contributed by atoms with van der Waals surface area (Å²) < 4.78 is 30.5. The van der Waals surface area contributed by atoms with Gasteiger partial charge in [0.25, 0.3) is 0 Å². The lowest BCUT2D eigenvalue weighted by atomic mass is 9.57. The van der Waals surface area contributed by atoms with E-state index in [1.165, 1.54) is 57.8 Å². The summed E-state index contributed by atoms with van der Waals surface area (Å²) in [4.78, 5) is 0. The van der Waals surface area contributed by atoms with Crippen molar-refractivity contribution in [2.75, 3.05) is 33.2 Å². The summed E-state index contributed by atoms with van der Waals surface area (Å²) in [5.41, 5.74) is 0.0769.